The minimum absolute atomic E-state index is 0.0826. The molecule has 158 valence electrons. The molecule has 0 aromatic carbocycles. The van der Waals surface area contributed by atoms with Crippen molar-refractivity contribution in [3.8, 4) is 0 Å². The molecule has 2 aromatic heterocycles. The van der Waals surface area contributed by atoms with Crippen LogP contribution in [0.5, 0.6) is 0 Å². The second-order valence-corrected chi connectivity index (χ2v) is 9.20. The standard InChI is InChI=1S/C18H21BrF3N5O2/c1-17(2,3)29-16(28)26-10-4-5-11(26)9-25(8-10)15-23-14-12(18(20,21)22)6-7-13(19)27(14)24-15/h6-7,10-11H,4-5,8-9H2,1-3H3. The fourth-order valence-corrected chi connectivity index (χ4v) is 4.34. The second kappa shape index (κ2) is 6.75. The van der Waals surface area contributed by atoms with Crippen LogP contribution in [0.15, 0.2) is 16.7 Å². The zero-order valence-electron chi connectivity index (χ0n) is 16.2. The van der Waals surface area contributed by atoms with Crippen LogP contribution in [0.3, 0.4) is 0 Å². The Balaban J connectivity index is 1.61. The zero-order chi connectivity index (χ0) is 21.1. The summed E-state index contributed by atoms with van der Waals surface area (Å²) in [5.41, 5.74) is -1.67. The molecule has 4 rings (SSSR count). The summed E-state index contributed by atoms with van der Waals surface area (Å²) < 4.78 is 47.1. The minimum Gasteiger partial charge on any atom is -0.444 e. The van der Waals surface area contributed by atoms with Gasteiger partial charge in [-0.15, -0.1) is 5.10 Å². The number of amides is 1. The van der Waals surface area contributed by atoms with Gasteiger partial charge in [0.05, 0.1) is 12.1 Å². The van der Waals surface area contributed by atoms with Crippen LogP contribution in [0.2, 0.25) is 0 Å². The Bertz CT molecular complexity index is 941. The highest BCUT2D eigenvalue weighted by Crippen LogP contribution is 2.36. The number of hydrogen-bond acceptors (Lipinski definition) is 5. The number of carbonyl (C=O) groups is 1. The molecular formula is C18H21BrF3N5O2. The monoisotopic (exact) mass is 475 g/mol. The number of rotatable bonds is 1. The van der Waals surface area contributed by atoms with Crippen LogP contribution in [-0.2, 0) is 10.9 Å². The van der Waals surface area contributed by atoms with Gasteiger partial charge in [-0.05, 0) is 61.7 Å². The van der Waals surface area contributed by atoms with Crippen LogP contribution < -0.4 is 4.90 Å². The molecule has 2 unspecified atom stereocenters. The van der Waals surface area contributed by atoms with E-state index in [1.54, 1.807) is 4.90 Å². The largest absolute Gasteiger partial charge is 0.444 e. The van der Waals surface area contributed by atoms with Gasteiger partial charge in [-0.1, -0.05) is 0 Å². The first-order chi connectivity index (χ1) is 13.4. The number of aromatic nitrogens is 3. The third-order valence-electron chi connectivity index (χ3n) is 5.10. The maximum Gasteiger partial charge on any atom is 0.420 e. The molecule has 0 saturated carbocycles. The number of pyridine rings is 1. The summed E-state index contributed by atoms with van der Waals surface area (Å²) in [7, 11) is 0. The van der Waals surface area contributed by atoms with Crippen LogP contribution in [0.4, 0.5) is 23.9 Å². The van der Waals surface area contributed by atoms with Gasteiger partial charge in [-0.3, -0.25) is 4.90 Å². The number of halogens is 4. The van der Waals surface area contributed by atoms with E-state index in [4.69, 9.17) is 4.74 Å². The van der Waals surface area contributed by atoms with E-state index in [1.807, 2.05) is 25.7 Å². The van der Waals surface area contributed by atoms with E-state index in [2.05, 4.69) is 26.0 Å². The van der Waals surface area contributed by atoms with E-state index < -0.39 is 17.3 Å². The fraction of sp³-hybridized carbons (Fsp3) is 0.611. The fourth-order valence-electron chi connectivity index (χ4n) is 3.96. The number of alkyl halides is 3. The molecule has 0 radical (unpaired) electrons. The lowest BCUT2D eigenvalue weighted by molar-refractivity contribution is -0.136. The minimum atomic E-state index is -4.53. The summed E-state index contributed by atoms with van der Waals surface area (Å²) in [4.78, 5) is 20.4. The quantitative estimate of drug-likeness (QED) is 0.581. The molecule has 2 aliphatic heterocycles. The molecule has 2 saturated heterocycles. The molecule has 0 aliphatic carbocycles. The molecule has 2 aromatic rings. The van der Waals surface area contributed by atoms with Gasteiger partial charge in [0.15, 0.2) is 5.65 Å². The first-order valence-electron chi connectivity index (χ1n) is 9.33. The summed E-state index contributed by atoms with van der Waals surface area (Å²) in [5, 5.41) is 4.29. The van der Waals surface area contributed by atoms with E-state index in [0.29, 0.717) is 17.7 Å². The van der Waals surface area contributed by atoms with Crippen molar-refractivity contribution in [2.45, 2.75) is 57.5 Å². The summed E-state index contributed by atoms with van der Waals surface area (Å²) in [6, 6.07) is 2.13. The number of anilines is 1. The number of piperazine rings is 1. The van der Waals surface area contributed by atoms with Crippen LogP contribution in [0, 0.1) is 0 Å². The molecule has 0 spiro atoms. The number of fused-ring (bicyclic) bond motifs is 3. The van der Waals surface area contributed by atoms with Crippen LogP contribution >= 0.6 is 15.9 Å². The number of hydrogen-bond donors (Lipinski definition) is 0. The predicted molar refractivity (Wildman–Crippen MR) is 103 cm³/mol. The first-order valence-corrected chi connectivity index (χ1v) is 10.1. The molecule has 11 heteroatoms. The summed E-state index contributed by atoms with van der Waals surface area (Å²) >= 11 is 3.23. The Labute approximate surface area is 173 Å². The molecular weight excluding hydrogens is 455 g/mol. The van der Waals surface area contributed by atoms with Crippen molar-refractivity contribution >= 4 is 33.6 Å². The van der Waals surface area contributed by atoms with E-state index in [0.717, 1.165) is 23.4 Å². The highest BCUT2D eigenvalue weighted by Gasteiger charge is 2.45. The molecule has 0 N–H and O–H groups in total. The molecule has 4 heterocycles. The third-order valence-corrected chi connectivity index (χ3v) is 5.70. The molecule has 29 heavy (non-hydrogen) atoms. The maximum atomic E-state index is 13.3. The van der Waals surface area contributed by atoms with E-state index in [-0.39, 0.29) is 29.8 Å². The molecule has 7 nitrogen and oxygen atoms in total. The van der Waals surface area contributed by atoms with Crippen LogP contribution in [0.25, 0.3) is 5.65 Å². The average Bonchev–Trinajstić information content (AvgIpc) is 3.12. The van der Waals surface area contributed by atoms with Gasteiger partial charge in [0.2, 0.25) is 5.95 Å². The van der Waals surface area contributed by atoms with Crippen molar-refractivity contribution in [2.24, 2.45) is 0 Å². The van der Waals surface area contributed by atoms with Gasteiger partial charge in [0, 0.05) is 13.1 Å². The molecule has 2 atom stereocenters. The second-order valence-electron chi connectivity index (χ2n) is 8.39. The summed E-state index contributed by atoms with van der Waals surface area (Å²) in [6.45, 7) is 6.36. The first kappa shape index (κ1) is 20.2. The van der Waals surface area contributed by atoms with Crippen molar-refractivity contribution in [2.75, 3.05) is 18.0 Å². The van der Waals surface area contributed by atoms with E-state index in [1.165, 1.54) is 6.07 Å². The molecule has 2 bridgehead atoms. The molecule has 2 aliphatic rings. The van der Waals surface area contributed by atoms with Crippen LogP contribution in [-0.4, -0.2) is 56.4 Å². The summed E-state index contributed by atoms with van der Waals surface area (Å²) in [6.07, 6.45) is -3.26. The van der Waals surface area contributed by atoms with Crippen molar-refractivity contribution in [3.63, 3.8) is 0 Å². The maximum absolute atomic E-state index is 13.3. The van der Waals surface area contributed by atoms with Crippen LogP contribution in [0.1, 0.15) is 39.2 Å². The zero-order valence-corrected chi connectivity index (χ0v) is 17.8. The lowest BCUT2D eigenvalue weighted by Gasteiger charge is -2.40. The van der Waals surface area contributed by atoms with Gasteiger partial charge < -0.3 is 9.64 Å². The van der Waals surface area contributed by atoms with Gasteiger partial charge in [0.1, 0.15) is 15.8 Å². The lowest BCUT2D eigenvalue weighted by Crippen LogP contribution is -2.57. The highest BCUT2D eigenvalue weighted by molar-refractivity contribution is 9.10. The Kier molecular flexibility index (Phi) is 4.71. The van der Waals surface area contributed by atoms with E-state index >= 15 is 0 Å². The lowest BCUT2D eigenvalue weighted by atomic mass is 10.2. The normalized spacial score (nSPS) is 22.4. The van der Waals surface area contributed by atoms with Crippen molar-refractivity contribution < 1.29 is 22.7 Å². The predicted octanol–water partition coefficient (Wildman–Crippen LogP) is 4.10. The number of nitrogens with zero attached hydrogens (tertiary/aromatic N) is 5. The number of carbonyl (C=O) groups excluding carboxylic acids is 1. The summed E-state index contributed by atoms with van der Waals surface area (Å²) in [5.74, 6) is 0.225. The molecule has 1 amide bonds. The van der Waals surface area contributed by atoms with Gasteiger partial charge in [-0.2, -0.15) is 18.2 Å². The van der Waals surface area contributed by atoms with Gasteiger partial charge >= 0.3 is 12.3 Å². The Morgan fingerprint density at radius 2 is 1.79 bits per heavy atom. The topological polar surface area (TPSA) is 63.0 Å². The average molecular weight is 476 g/mol. The Hall–Kier alpha value is -2.04. The van der Waals surface area contributed by atoms with Gasteiger partial charge in [-0.25, -0.2) is 9.31 Å². The Morgan fingerprint density at radius 1 is 1.17 bits per heavy atom. The third kappa shape index (κ3) is 3.76. The SMILES string of the molecule is CC(C)(C)OC(=O)N1C2CCC1CN(c1nc3c(C(F)(F)F)ccc(Br)n3n1)C2. The Morgan fingerprint density at radius 3 is 2.34 bits per heavy atom. The van der Waals surface area contributed by atoms with Crippen molar-refractivity contribution in [1.29, 1.82) is 0 Å². The number of ether oxygens (including phenoxy) is 1. The highest BCUT2D eigenvalue weighted by atomic mass is 79.9. The smallest absolute Gasteiger partial charge is 0.420 e. The van der Waals surface area contributed by atoms with Crippen molar-refractivity contribution in [1.82, 2.24) is 19.5 Å². The van der Waals surface area contributed by atoms with E-state index in [9.17, 15) is 18.0 Å². The van der Waals surface area contributed by atoms with Crippen molar-refractivity contribution in [3.05, 3.63) is 22.3 Å². The van der Waals surface area contributed by atoms with Gasteiger partial charge in [0.25, 0.3) is 0 Å². The molecule has 2 fully saturated rings.